The van der Waals surface area contributed by atoms with E-state index in [2.05, 4.69) is 6.58 Å². The summed E-state index contributed by atoms with van der Waals surface area (Å²) in [5.74, 6) is -1.29. The summed E-state index contributed by atoms with van der Waals surface area (Å²) in [5.41, 5.74) is 1.42. The molecule has 0 fully saturated rings. The van der Waals surface area contributed by atoms with Crippen molar-refractivity contribution in [3.63, 3.8) is 0 Å². The Kier molecular flexibility index (Phi) is 4.19. The average molecular weight is 226 g/mol. The lowest BCUT2D eigenvalue weighted by molar-refractivity contribution is 0.163. The Morgan fingerprint density at radius 2 is 2.00 bits per heavy atom. The van der Waals surface area contributed by atoms with Gasteiger partial charge in [0.1, 0.15) is 11.6 Å². The standard InChI is InChI=1S/C13H16F2O/c1-8(2)4-5-13(16)10-6-9(3)11(14)7-12(10)15/h6-7,13,16H,1,4-5H2,2-3H3. The Labute approximate surface area is 94.4 Å². The molecule has 1 aromatic carbocycles. The van der Waals surface area contributed by atoms with Crippen molar-refractivity contribution in [2.75, 3.05) is 0 Å². The first-order valence-electron chi connectivity index (χ1n) is 5.19. The Bertz CT molecular complexity index is 399. The van der Waals surface area contributed by atoms with Gasteiger partial charge in [0, 0.05) is 11.6 Å². The Hall–Kier alpha value is -1.22. The van der Waals surface area contributed by atoms with Crippen molar-refractivity contribution in [3.05, 3.63) is 47.0 Å². The zero-order valence-corrected chi connectivity index (χ0v) is 9.56. The van der Waals surface area contributed by atoms with Crippen LogP contribution in [0.5, 0.6) is 0 Å². The second-order valence-corrected chi connectivity index (χ2v) is 4.13. The lowest BCUT2D eigenvalue weighted by atomic mass is 10.0. The molecule has 1 aromatic rings. The third kappa shape index (κ3) is 3.14. The van der Waals surface area contributed by atoms with Crippen molar-refractivity contribution in [1.82, 2.24) is 0 Å². The number of rotatable bonds is 4. The summed E-state index contributed by atoms with van der Waals surface area (Å²) in [6, 6.07) is 2.17. The van der Waals surface area contributed by atoms with E-state index in [1.807, 2.05) is 6.92 Å². The van der Waals surface area contributed by atoms with Gasteiger partial charge in [-0.2, -0.15) is 0 Å². The third-order valence-corrected chi connectivity index (χ3v) is 2.48. The molecule has 1 atom stereocenters. The van der Waals surface area contributed by atoms with E-state index < -0.39 is 17.7 Å². The Morgan fingerprint density at radius 3 is 2.56 bits per heavy atom. The molecule has 0 aliphatic rings. The van der Waals surface area contributed by atoms with Gasteiger partial charge in [0.25, 0.3) is 0 Å². The maximum Gasteiger partial charge on any atom is 0.131 e. The molecular weight excluding hydrogens is 210 g/mol. The van der Waals surface area contributed by atoms with Crippen molar-refractivity contribution < 1.29 is 13.9 Å². The van der Waals surface area contributed by atoms with E-state index in [4.69, 9.17) is 0 Å². The van der Waals surface area contributed by atoms with Crippen LogP contribution in [0.3, 0.4) is 0 Å². The first-order chi connectivity index (χ1) is 7.41. The molecule has 0 saturated carbocycles. The van der Waals surface area contributed by atoms with Crippen LogP contribution in [0.15, 0.2) is 24.3 Å². The molecule has 88 valence electrons. The fraction of sp³-hybridized carbons (Fsp3) is 0.385. The van der Waals surface area contributed by atoms with E-state index >= 15 is 0 Å². The molecule has 0 bridgehead atoms. The quantitative estimate of drug-likeness (QED) is 0.777. The van der Waals surface area contributed by atoms with Crippen LogP contribution < -0.4 is 0 Å². The van der Waals surface area contributed by atoms with Crippen molar-refractivity contribution >= 4 is 0 Å². The number of aliphatic hydroxyl groups excluding tert-OH is 1. The highest BCUT2D eigenvalue weighted by Gasteiger charge is 2.14. The highest BCUT2D eigenvalue weighted by molar-refractivity contribution is 5.27. The SMILES string of the molecule is C=C(C)CCC(O)c1cc(C)c(F)cc1F. The number of allylic oxidation sites excluding steroid dienone is 1. The largest absolute Gasteiger partial charge is 0.388 e. The van der Waals surface area contributed by atoms with Crippen molar-refractivity contribution in [2.45, 2.75) is 32.8 Å². The topological polar surface area (TPSA) is 20.2 Å². The zero-order valence-electron chi connectivity index (χ0n) is 9.56. The summed E-state index contributed by atoms with van der Waals surface area (Å²) in [5, 5.41) is 9.76. The van der Waals surface area contributed by atoms with Gasteiger partial charge in [0.15, 0.2) is 0 Å². The predicted octanol–water partition coefficient (Wildman–Crippen LogP) is 3.66. The number of halogens is 2. The van der Waals surface area contributed by atoms with Crippen LogP contribution in [0, 0.1) is 18.6 Å². The minimum atomic E-state index is -0.906. The van der Waals surface area contributed by atoms with Crippen LogP contribution in [-0.4, -0.2) is 5.11 Å². The smallest absolute Gasteiger partial charge is 0.131 e. The second-order valence-electron chi connectivity index (χ2n) is 4.13. The van der Waals surface area contributed by atoms with E-state index in [1.165, 1.54) is 6.07 Å². The van der Waals surface area contributed by atoms with Gasteiger partial charge in [-0.1, -0.05) is 5.57 Å². The molecule has 1 unspecified atom stereocenters. The van der Waals surface area contributed by atoms with Gasteiger partial charge in [0.05, 0.1) is 6.10 Å². The fourth-order valence-corrected chi connectivity index (χ4v) is 1.47. The third-order valence-electron chi connectivity index (χ3n) is 2.48. The first-order valence-corrected chi connectivity index (χ1v) is 5.19. The van der Waals surface area contributed by atoms with Crippen LogP contribution in [-0.2, 0) is 0 Å². The molecule has 0 amide bonds. The van der Waals surface area contributed by atoms with Crippen LogP contribution in [0.2, 0.25) is 0 Å². The lowest BCUT2D eigenvalue weighted by Crippen LogP contribution is -2.03. The van der Waals surface area contributed by atoms with Gasteiger partial charge in [-0.05, 0) is 38.3 Å². The highest BCUT2D eigenvalue weighted by Crippen LogP contribution is 2.25. The van der Waals surface area contributed by atoms with Gasteiger partial charge >= 0.3 is 0 Å². The maximum atomic E-state index is 13.4. The van der Waals surface area contributed by atoms with Crippen LogP contribution >= 0.6 is 0 Å². The van der Waals surface area contributed by atoms with Crippen molar-refractivity contribution in [3.8, 4) is 0 Å². The minimum Gasteiger partial charge on any atom is -0.388 e. The summed E-state index contributed by atoms with van der Waals surface area (Å²) in [7, 11) is 0. The number of aryl methyl sites for hydroxylation is 1. The normalized spacial score (nSPS) is 12.6. The molecule has 3 heteroatoms. The number of hydrogen-bond acceptors (Lipinski definition) is 1. The fourth-order valence-electron chi connectivity index (χ4n) is 1.47. The van der Waals surface area contributed by atoms with E-state index in [-0.39, 0.29) is 5.56 Å². The molecule has 0 aliphatic heterocycles. The van der Waals surface area contributed by atoms with E-state index in [0.29, 0.717) is 18.4 Å². The van der Waals surface area contributed by atoms with Crippen molar-refractivity contribution in [1.29, 1.82) is 0 Å². The molecule has 1 nitrogen and oxygen atoms in total. The summed E-state index contributed by atoms with van der Waals surface area (Å²) in [6.45, 7) is 7.10. The average Bonchev–Trinajstić information content (AvgIpc) is 2.20. The molecule has 0 spiro atoms. The first kappa shape index (κ1) is 12.8. The Balaban J connectivity index is 2.86. The van der Waals surface area contributed by atoms with Crippen molar-refractivity contribution in [2.24, 2.45) is 0 Å². The van der Waals surface area contributed by atoms with E-state index in [1.54, 1.807) is 6.92 Å². The predicted molar refractivity (Wildman–Crippen MR) is 60.1 cm³/mol. The van der Waals surface area contributed by atoms with E-state index in [9.17, 15) is 13.9 Å². The zero-order chi connectivity index (χ0) is 12.3. The molecule has 16 heavy (non-hydrogen) atoms. The van der Waals surface area contributed by atoms with Crippen LogP contribution in [0.4, 0.5) is 8.78 Å². The van der Waals surface area contributed by atoms with Gasteiger partial charge < -0.3 is 5.11 Å². The lowest BCUT2D eigenvalue weighted by Gasteiger charge is -2.13. The molecule has 0 heterocycles. The van der Waals surface area contributed by atoms with E-state index in [0.717, 1.165) is 11.6 Å². The summed E-state index contributed by atoms with van der Waals surface area (Å²) in [4.78, 5) is 0. The molecule has 0 aliphatic carbocycles. The molecule has 1 N–H and O–H groups in total. The van der Waals surface area contributed by atoms with Gasteiger partial charge in [-0.3, -0.25) is 0 Å². The maximum absolute atomic E-state index is 13.4. The van der Waals surface area contributed by atoms with Gasteiger partial charge in [0.2, 0.25) is 0 Å². The van der Waals surface area contributed by atoms with Crippen LogP contribution in [0.1, 0.15) is 37.0 Å². The monoisotopic (exact) mass is 226 g/mol. The number of aliphatic hydroxyl groups is 1. The molecule has 1 rings (SSSR count). The number of benzene rings is 1. The van der Waals surface area contributed by atoms with Gasteiger partial charge in [-0.15, -0.1) is 6.58 Å². The highest BCUT2D eigenvalue weighted by atomic mass is 19.1. The number of hydrogen-bond donors (Lipinski definition) is 1. The summed E-state index contributed by atoms with van der Waals surface area (Å²) in [6.07, 6.45) is 0.116. The Morgan fingerprint density at radius 1 is 1.38 bits per heavy atom. The molecule has 0 radical (unpaired) electrons. The van der Waals surface area contributed by atoms with Gasteiger partial charge in [-0.25, -0.2) is 8.78 Å². The molecular formula is C13H16F2O. The summed E-state index contributed by atoms with van der Waals surface area (Å²) < 4.78 is 26.4. The van der Waals surface area contributed by atoms with Crippen LogP contribution in [0.25, 0.3) is 0 Å². The second kappa shape index (κ2) is 5.21. The molecule has 0 aromatic heterocycles. The minimum absolute atomic E-state index is 0.153. The summed E-state index contributed by atoms with van der Waals surface area (Å²) >= 11 is 0. The molecule has 0 saturated heterocycles.